The number of hydrogen-bond donors (Lipinski definition) is 1. The van der Waals surface area contributed by atoms with Gasteiger partial charge in [-0.05, 0) is 49.1 Å². The fourth-order valence-electron chi connectivity index (χ4n) is 2.91. The van der Waals surface area contributed by atoms with Crippen LogP contribution < -0.4 is 9.47 Å². The summed E-state index contributed by atoms with van der Waals surface area (Å²) in [5.41, 5.74) is 2.20. The van der Waals surface area contributed by atoms with Crippen molar-refractivity contribution in [3.8, 4) is 11.5 Å². The van der Waals surface area contributed by atoms with E-state index in [4.69, 9.17) is 14.9 Å². The second kappa shape index (κ2) is 9.40. The summed E-state index contributed by atoms with van der Waals surface area (Å²) < 4.78 is 15.6. The normalized spacial score (nSPS) is 16.8. The lowest BCUT2D eigenvalue weighted by Crippen LogP contribution is -2.41. The van der Waals surface area contributed by atoms with Crippen LogP contribution >= 0.6 is 23.7 Å². The minimum atomic E-state index is -0.435. The molecule has 4 rings (SSSR count). The molecule has 2 heterocycles. The van der Waals surface area contributed by atoms with Crippen LogP contribution in [-0.4, -0.2) is 46.4 Å². The summed E-state index contributed by atoms with van der Waals surface area (Å²) in [4.78, 5) is 18.0. The zero-order valence-electron chi connectivity index (χ0n) is 17.0. The SMILES string of the molecule is CSC1=NSC2=NC(=O)/C(=C\c3ccc(OCCOc4ccc(C)cc4)cc3)C(=N)N12. The summed E-state index contributed by atoms with van der Waals surface area (Å²) in [6, 6.07) is 15.2. The second-order valence-corrected chi connectivity index (χ2v) is 8.19. The monoisotopic (exact) mass is 452 g/mol. The van der Waals surface area contributed by atoms with Crippen molar-refractivity contribution in [2.24, 2.45) is 9.39 Å². The van der Waals surface area contributed by atoms with Gasteiger partial charge in [-0.15, -0.1) is 0 Å². The van der Waals surface area contributed by atoms with E-state index in [9.17, 15) is 4.79 Å². The fraction of sp³-hybridized carbons (Fsp3) is 0.182. The van der Waals surface area contributed by atoms with E-state index >= 15 is 0 Å². The number of amidine groups is 3. The Balaban J connectivity index is 1.36. The van der Waals surface area contributed by atoms with Gasteiger partial charge in [0.25, 0.3) is 5.91 Å². The Bertz CT molecular complexity index is 1090. The highest BCUT2D eigenvalue weighted by molar-refractivity contribution is 8.18. The predicted molar refractivity (Wildman–Crippen MR) is 127 cm³/mol. The van der Waals surface area contributed by atoms with Crippen LogP contribution in [0.3, 0.4) is 0 Å². The Morgan fingerprint density at radius 2 is 1.68 bits per heavy atom. The van der Waals surface area contributed by atoms with Gasteiger partial charge in [0.15, 0.2) is 5.17 Å². The van der Waals surface area contributed by atoms with E-state index in [1.54, 1.807) is 11.0 Å². The van der Waals surface area contributed by atoms with Gasteiger partial charge in [0.2, 0.25) is 5.17 Å². The number of hydrogen-bond acceptors (Lipinski definition) is 7. The van der Waals surface area contributed by atoms with Crippen molar-refractivity contribution >= 4 is 51.9 Å². The lowest BCUT2D eigenvalue weighted by Gasteiger charge is -2.23. The Morgan fingerprint density at radius 3 is 2.29 bits per heavy atom. The van der Waals surface area contributed by atoms with Gasteiger partial charge in [-0.3, -0.25) is 10.2 Å². The third-order valence-electron chi connectivity index (χ3n) is 4.51. The number of nitrogens with zero attached hydrogens (tertiary/aromatic N) is 3. The average Bonchev–Trinajstić information content (AvgIpc) is 3.19. The first-order valence-electron chi connectivity index (χ1n) is 9.50. The first-order chi connectivity index (χ1) is 15.0. The lowest BCUT2D eigenvalue weighted by atomic mass is 10.1. The van der Waals surface area contributed by atoms with Crippen LogP contribution in [0.1, 0.15) is 11.1 Å². The summed E-state index contributed by atoms with van der Waals surface area (Å²) in [6.07, 6.45) is 3.54. The number of aliphatic imine (C=N–C) groups is 1. The Labute approximate surface area is 188 Å². The Hall–Kier alpha value is -3.04. The van der Waals surface area contributed by atoms with E-state index < -0.39 is 5.91 Å². The second-order valence-electron chi connectivity index (χ2n) is 6.69. The molecule has 2 aromatic carbocycles. The van der Waals surface area contributed by atoms with Crippen LogP contribution in [0.15, 0.2) is 63.5 Å². The van der Waals surface area contributed by atoms with E-state index in [0.717, 1.165) is 23.3 Å². The lowest BCUT2D eigenvalue weighted by molar-refractivity contribution is -0.114. The molecule has 158 valence electrons. The number of amides is 1. The number of thioether (sulfide) groups is 1. The van der Waals surface area contributed by atoms with E-state index in [1.165, 1.54) is 17.3 Å². The highest BCUT2D eigenvalue weighted by atomic mass is 32.2. The van der Waals surface area contributed by atoms with Gasteiger partial charge in [0.1, 0.15) is 30.5 Å². The smallest absolute Gasteiger partial charge is 0.283 e. The maximum Gasteiger partial charge on any atom is 0.283 e. The van der Waals surface area contributed by atoms with E-state index in [1.807, 2.05) is 61.7 Å². The molecule has 0 spiro atoms. The van der Waals surface area contributed by atoms with Crippen LogP contribution in [0, 0.1) is 12.3 Å². The number of ether oxygens (including phenoxy) is 2. The number of rotatable bonds is 6. The van der Waals surface area contributed by atoms with Gasteiger partial charge in [0, 0.05) is 0 Å². The molecular weight excluding hydrogens is 432 g/mol. The van der Waals surface area contributed by atoms with Gasteiger partial charge in [0.05, 0.1) is 17.5 Å². The van der Waals surface area contributed by atoms with Gasteiger partial charge in [-0.1, -0.05) is 41.6 Å². The predicted octanol–water partition coefficient (Wildman–Crippen LogP) is 4.39. The largest absolute Gasteiger partial charge is 0.490 e. The third-order valence-corrected chi connectivity index (χ3v) is 5.97. The highest BCUT2D eigenvalue weighted by Crippen LogP contribution is 2.31. The van der Waals surface area contributed by atoms with Crippen molar-refractivity contribution in [3.05, 3.63) is 65.2 Å². The summed E-state index contributed by atoms with van der Waals surface area (Å²) in [5, 5.41) is 9.50. The molecule has 0 unspecified atom stereocenters. The standard InChI is InChI=1S/C22H20N4O3S2/c1-14-3-7-16(8-4-14)28-11-12-29-17-9-5-15(6-10-17)13-18-19(23)26-21(24-20(18)27)31-25-22(26)30-2/h3-10,13,23H,11-12H2,1-2H3/b18-13-,23-19?. The molecular formula is C22H20N4O3S2. The molecule has 7 nitrogen and oxygen atoms in total. The van der Waals surface area contributed by atoms with Crippen molar-refractivity contribution in [3.63, 3.8) is 0 Å². The van der Waals surface area contributed by atoms with Crippen molar-refractivity contribution in [2.45, 2.75) is 6.92 Å². The molecule has 0 aliphatic carbocycles. The zero-order chi connectivity index (χ0) is 21.8. The quantitative estimate of drug-likeness (QED) is 0.397. The molecule has 31 heavy (non-hydrogen) atoms. The van der Waals surface area contributed by atoms with Gasteiger partial charge in [-0.2, -0.15) is 9.39 Å². The van der Waals surface area contributed by atoms with E-state index in [0.29, 0.717) is 29.3 Å². The zero-order valence-corrected chi connectivity index (χ0v) is 18.6. The Kier molecular flexibility index (Phi) is 6.43. The molecule has 1 N–H and O–H groups in total. The summed E-state index contributed by atoms with van der Waals surface area (Å²) in [6.45, 7) is 2.89. The molecule has 2 aromatic rings. The molecule has 1 amide bonds. The van der Waals surface area contributed by atoms with Crippen LogP contribution in [0.4, 0.5) is 0 Å². The minimum absolute atomic E-state index is 0.0849. The van der Waals surface area contributed by atoms with Gasteiger partial charge in [-0.25, -0.2) is 4.90 Å². The number of carbonyl (C=O) groups excluding carboxylic acids is 1. The topological polar surface area (TPSA) is 87.3 Å². The van der Waals surface area contributed by atoms with Crippen molar-refractivity contribution in [1.29, 1.82) is 5.41 Å². The van der Waals surface area contributed by atoms with Gasteiger partial charge < -0.3 is 9.47 Å². The molecule has 9 heteroatoms. The number of benzene rings is 2. The summed E-state index contributed by atoms with van der Waals surface area (Å²) in [5.74, 6) is 1.16. The molecule has 0 fully saturated rings. The number of aryl methyl sites for hydroxylation is 1. The number of fused-ring (bicyclic) bond motifs is 1. The van der Waals surface area contributed by atoms with Gasteiger partial charge >= 0.3 is 0 Å². The van der Waals surface area contributed by atoms with Crippen LogP contribution in [-0.2, 0) is 4.79 Å². The number of carbonyl (C=O) groups is 1. The number of nitrogens with one attached hydrogen (secondary N) is 1. The molecule has 2 aliphatic heterocycles. The highest BCUT2D eigenvalue weighted by Gasteiger charge is 2.36. The van der Waals surface area contributed by atoms with Crippen molar-refractivity contribution < 1.29 is 14.3 Å². The van der Waals surface area contributed by atoms with Crippen LogP contribution in [0.25, 0.3) is 6.08 Å². The molecule has 0 bridgehead atoms. The Morgan fingerprint density at radius 1 is 1.06 bits per heavy atom. The van der Waals surface area contributed by atoms with E-state index in [-0.39, 0.29) is 11.4 Å². The first kappa shape index (κ1) is 21.2. The minimum Gasteiger partial charge on any atom is -0.490 e. The van der Waals surface area contributed by atoms with Crippen LogP contribution in [0.5, 0.6) is 11.5 Å². The maximum absolute atomic E-state index is 12.4. The third kappa shape index (κ3) is 4.83. The maximum atomic E-state index is 12.4. The molecule has 0 aromatic heterocycles. The van der Waals surface area contributed by atoms with Crippen molar-refractivity contribution in [2.75, 3.05) is 19.5 Å². The molecule has 0 saturated heterocycles. The summed E-state index contributed by atoms with van der Waals surface area (Å²) in [7, 11) is 0. The molecule has 0 radical (unpaired) electrons. The molecule has 2 aliphatic rings. The molecule has 0 atom stereocenters. The van der Waals surface area contributed by atoms with Crippen molar-refractivity contribution in [1.82, 2.24) is 4.90 Å². The molecule has 0 saturated carbocycles. The summed E-state index contributed by atoms with van der Waals surface area (Å²) >= 11 is 2.52. The van der Waals surface area contributed by atoms with Crippen LogP contribution in [0.2, 0.25) is 0 Å². The average molecular weight is 453 g/mol. The first-order valence-corrected chi connectivity index (χ1v) is 11.5. The fourth-order valence-corrected chi connectivity index (χ4v) is 4.37. The van der Waals surface area contributed by atoms with E-state index in [2.05, 4.69) is 9.39 Å².